The molecule has 1 saturated carbocycles. The van der Waals surface area contributed by atoms with Crippen LogP contribution in [0.2, 0.25) is 0 Å². The zero-order chi connectivity index (χ0) is 24.5. The Hall–Kier alpha value is -2.27. The van der Waals surface area contributed by atoms with Crippen molar-refractivity contribution in [2.45, 2.75) is 50.5 Å². The first kappa shape index (κ1) is 24.1. The van der Waals surface area contributed by atoms with Crippen molar-refractivity contribution in [3.8, 4) is 5.88 Å². The van der Waals surface area contributed by atoms with E-state index in [4.69, 9.17) is 14.5 Å². The van der Waals surface area contributed by atoms with Gasteiger partial charge in [0, 0.05) is 93.5 Å². The van der Waals surface area contributed by atoms with Crippen LogP contribution < -0.4 is 21.1 Å². The number of pyridine rings is 1. The van der Waals surface area contributed by atoms with Crippen LogP contribution in [0.4, 0.5) is 0 Å². The first-order valence-corrected chi connectivity index (χ1v) is 13.7. The van der Waals surface area contributed by atoms with E-state index in [-0.39, 0.29) is 17.9 Å². The third kappa shape index (κ3) is 5.51. The molecule has 6 rings (SSSR count). The van der Waals surface area contributed by atoms with E-state index in [1.807, 2.05) is 21.9 Å². The van der Waals surface area contributed by atoms with Crippen molar-refractivity contribution in [1.82, 2.24) is 31.2 Å². The van der Waals surface area contributed by atoms with Crippen LogP contribution in [0.15, 0.2) is 12.1 Å². The molecular formula is C26H38N6O4. The molecule has 0 radical (unpaired) electrons. The minimum Gasteiger partial charge on any atom is -0.477 e. The smallest absolute Gasteiger partial charge is 0.254 e. The van der Waals surface area contributed by atoms with Crippen LogP contribution in [0.5, 0.6) is 5.88 Å². The minimum absolute atomic E-state index is 0.0646. The maximum Gasteiger partial charge on any atom is 0.254 e. The molecule has 10 heteroatoms. The summed E-state index contributed by atoms with van der Waals surface area (Å²) >= 11 is 0. The van der Waals surface area contributed by atoms with Crippen molar-refractivity contribution >= 4 is 11.8 Å². The maximum absolute atomic E-state index is 13.5. The number of rotatable bonds is 8. The number of ether oxygens (including phenoxy) is 2. The molecule has 36 heavy (non-hydrogen) atoms. The lowest BCUT2D eigenvalue weighted by Crippen LogP contribution is -2.37. The van der Waals surface area contributed by atoms with Gasteiger partial charge in [0.1, 0.15) is 0 Å². The number of hydrazine groups is 2. The SMILES string of the molecule is O=C(CCC1CNNN1)N1C[C@H]2CN(C(=O)c3cc(OCC4CCOCC4)nc(C4CC4)c3)C[C@@H]2C1. The van der Waals surface area contributed by atoms with Gasteiger partial charge in [-0.25, -0.2) is 15.8 Å². The number of nitrogens with zero attached hydrogens (tertiary/aromatic N) is 3. The summed E-state index contributed by atoms with van der Waals surface area (Å²) in [4.78, 5) is 35.0. The van der Waals surface area contributed by atoms with Gasteiger partial charge >= 0.3 is 0 Å². The molecule has 1 unspecified atom stereocenters. The van der Waals surface area contributed by atoms with Crippen LogP contribution in [0.1, 0.15) is 60.5 Å². The van der Waals surface area contributed by atoms with Crippen LogP contribution >= 0.6 is 0 Å². The highest BCUT2D eigenvalue weighted by Gasteiger charge is 2.43. The van der Waals surface area contributed by atoms with E-state index >= 15 is 0 Å². The normalized spacial score (nSPS) is 28.5. The summed E-state index contributed by atoms with van der Waals surface area (Å²) in [6, 6.07) is 4.10. The summed E-state index contributed by atoms with van der Waals surface area (Å²) in [6.45, 7) is 5.97. The average molecular weight is 499 g/mol. The van der Waals surface area contributed by atoms with Gasteiger partial charge in [0.15, 0.2) is 0 Å². The molecule has 196 valence electrons. The molecule has 3 atom stereocenters. The second-order valence-electron chi connectivity index (χ2n) is 11.2. The predicted molar refractivity (Wildman–Crippen MR) is 132 cm³/mol. The summed E-state index contributed by atoms with van der Waals surface area (Å²) < 4.78 is 11.6. The molecule has 1 aromatic heterocycles. The Labute approximate surface area is 212 Å². The summed E-state index contributed by atoms with van der Waals surface area (Å²) in [7, 11) is 0. The van der Waals surface area contributed by atoms with Crippen LogP contribution in [0.25, 0.3) is 0 Å². The summed E-state index contributed by atoms with van der Waals surface area (Å²) in [5, 5.41) is 0. The zero-order valence-corrected chi connectivity index (χ0v) is 20.9. The van der Waals surface area contributed by atoms with Crippen molar-refractivity contribution in [2.75, 3.05) is 52.5 Å². The molecule has 4 saturated heterocycles. The minimum atomic E-state index is 0.0646. The Morgan fingerprint density at radius 1 is 1.03 bits per heavy atom. The third-order valence-electron chi connectivity index (χ3n) is 8.42. The highest BCUT2D eigenvalue weighted by atomic mass is 16.5. The number of fused-ring (bicyclic) bond motifs is 1. The standard InChI is InChI=1S/C26H38N6O4/c33-25(4-3-22-11-27-30-29-22)31-12-20-14-32(15-21(20)13-31)26(34)19-9-23(18-1-2-18)28-24(10-19)36-16-17-5-7-35-8-6-17/h9-10,17-18,20-22,27,29-30H,1-8,11-16H2/t20-,21-,22?/m0/s1. The number of hydrogen-bond donors (Lipinski definition) is 3. The molecule has 5 aliphatic rings. The third-order valence-corrected chi connectivity index (χ3v) is 8.42. The number of hydrogen-bond acceptors (Lipinski definition) is 8. The van der Waals surface area contributed by atoms with Gasteiger partial charge in [0.25, 0.3) is 5.91 Å². The monoisotopic (exact) mass is 498 g/mol. The Kier molecular flexibility index (Phi) is 7.10. The Bertz CT molecular complexity index is 946. The van der Waals surface area contributed by atoms with E-state index in [2.05, 4.69) is 16.4 Å². The quantitative estimate of drug-likeness (QED) is 0.488. The Balaban J connectivity index is 1.05. The van der Waals surface area contributed by atoms with Crippen molar-refractivity contribution in [1.29, 1.82) is 0 Å². The predicted octanol–water partition coefficient (Wildman–Crippen LogP) is 1.06. The van der Waals surface area contributed by atoms with Gasteiger partial charge in [-0.3, -0.25) is 9.59 Å². The molecule has 5 fully saturated rings. The first-order valence-electron chi connectivity index (χ1n) is 13.7. The van der Waals surface area contributed by atoms with Crippen LogP contribution in [0, 0.1) is 17.8 Å². The van der Waals surface area contributed by atoms with E-state index in [9.17, 15) is 9.59 Å². The molecule has 10 nitrogen and oxygen atoms in total. The van der Waals surface area contributed by atoms with Gasteiger partial charge < -0.3 is 19.3 Å². The van der Waals surface area contributed by atoms with Crippen molar-refractivity contribution in [3.05, 3.63) is 23.4 Å². The number of aromatic nitrogens is 1. The topological polar surface area (TPSA) is 108 Å². The van der Waals surface area contributed by atoms with E-state index in [0.29, 0.717) is 61.2 Å². The number of likely N-dealkylation sites (tertiary alicyclic amines) is 2. The van der Waals surface area contributed by atoms with E-state index in [1.54, 1.807) is 0 Å². The van der Waals surface area contributed by atoms with Gasteiger partial charge in [-0.2, -0.15) is 5.53 Å². The second-order valence-corrected chi connectivity index (χ2v) is 11.2. The largest absolute Gasteiger partial charge is 0.477 e. The average Bonchev–Trinajstić information content (AvgIpc) is 3.28. The molecule has 4 aliphatic heterocycles. The number of carbonyl (C=O) groups excluding carboxylic acids is 2. The number of amides is 2. The molecule has 0 spiro atoms. The van der Waals surface area contributed by atoms with Gasteiger partial charge in [-0.15, -0.1) is 0 Å². The number of carbonyl (C=O) groups is 2. The van der Waals surface area contributed by atoms with Crippen LogP contribution in [-0.4, -0.2) is 85.2 Å². The molecule has 3 N–H and O–H groups in total. The molecule has 1 aromatic rings. The lowest BCUT2D eigenvalue weighted by Gasteiger charge is -2.23. The molecule has 0 bridgehead atoms. The fourth-order valence-electron chi connectivity index (χ4n) is 5.98. The van der Waals surface area contributed by atoms with Crippen molar-refractivity contribution in [2.24, 2.45) is 17.8 Å². The van der Waals surface area contributed by atoms with Gasteiger partial charge in [0.2, 0.25) is 11.8 Å². The van der Waals surface area contributed by atoms with Crippen molar-refractivity contribution < 1.29 is 19.1 Å². The first-order chi connectivity index (χ1) is 17.6. The van der Waals surface area contributed by atoms with E-state index in [1.165, 1.54) is 0 Å². The lowest BCUT2D eigenvalue weighted by atomic mass is 10.0. The highest BCUT2D eigenvalue weighted by molar-refractivity contribution is 5.95. The lowest BCUT2D eigenvalue weighted by molar-refractivity contribution is -0.130. The van der Waals surface area contributed by atoms with Crippen LogP contribution in [-0.2, 0) is 9.53 Å². The maximum atomic E-state index is 13.5. The van der Waals surface area contributed by atoms with Crippen molar-refractivity contribution in [3.63, 3.8) is 0 Å². The highest BCUT2D eigenvalue weighted by Crippen LogP contribution is 2.40. The van der Waals surface area contributed by atoms with Crippen LogP contribution in [0.3, 0.4) is 0 Å². The molecule has 1 aliphatic carbocycles. The molecule has 2 amide bonds. The zero-order valence-electron chi connectivity index (χ0n) is 20.9. The summed E-state index contributed by atoms with van der Waals surface area (Å²) in [5.41, 5.74) is 10.7. The second kappa shape index (κ2) is 10.6. The number of nitrogens with one attached hydrogen (secondary N) is 3. The molecule has 5 heterocycles. The summed E-state index contributed by atoms with van der Waals surface area (Å²) in [6.07, 6.45) is 5.66. The Morgan fingerprint density at radius 2 is 1.78 bits per heavy atom. The Morgan fingerprint density at radius 3 is 2.47 bits per heavy atom. The van der Waals surface area contributed by atoms with E-state index in [0.717, 1.165) is 70.6 Å². The van der Waals surface area contributed by atoms with E-state index < -0.39 is 0 Å². The summed E-state index contributed by atoms with van der Waals surface area (Å²) in [5.74, 6) is 2.52. The fourth-order valence-corrected chi connectivity index (χ4v) is 5.98. The van der Waals surface area contributed by atoms with Gasteiger partial charge in [-0.05, 0) is 44.1 Å². The fraction of sp³-hybridized carbons (Fsp3) is 0.731. The van der Waals surface area contributed by atoms with Gasteiger partial charge in [0.05, 0.1) is 6.61 Å². The van der Waals surface area contributed by atoms with Gasteiger partial charge in [-0.1, -0.05) is 0 Å². The molecular weight excluding hydrogens is 460 g/mol. The molecule has 0 aromatic carbocycles.